The first-order valence-corrected chi connectivity index (χ1v) is 4.87. The van der Waals surface area contributed by atoms with Gasteiger partial charge in [-0.15, -0.1) is 5.10 Å². The predicted octanol–water partition coefficient (Wildman–Crippen LogP) is 3.21. The number of alkyl halides is 3. The number of halogens is 4. The molecule has 2 heterocycles. The molecule has 17 heavy (non-hydrogen) atoms. The zero-order valence-corrected chi connectivity index (χ0v) is 9.00. The fourth-order valence-electron chi connectivity index (χ4n) is 1.33. The summed E-state index contributed by atoms with van der Waals surface area (Å²) in [6.45, 7) is 0. The van der Waals surface area contributed by atoms with E-state index in [1.165, 1.54) is 24.5 Å². The Morgan fingerprint density at radius 2 is 2.00 bits per heavy atom. The van der Waals surface area contributed by atoms with Crippen LogP contribution in [-0.2, 0) is 6.18 Å². The van der Waals surface area contributed by atoms with Gasteiger partial charge in [-0.2, -0.15) is 18.3 Å². The van der Waals surface area contributed by atoms with Crippen LogP contribution in [0.1, 0.15) is 5.56 Å². The van der Waals surface area contributed by atoms with Crippen molar-refractivity contribution in [1.82, 2.24) is 15.2 Å². The normalized spacial score (nSPS) is 11.5. The van der Waals surface area contributed by atoms with Crippen molar-refractivity contribution in [3.05, 3.63) is 41.3 Å². The Hall–Kier alpha value is -1.69. The third kappa shape index (κ3) is 2.52. The van der Waals surface area contributed by atoms with Crippen molar-refractivity contribution in [3.8, 4) is 11.3 Å². The lowest BCUT2D eigenvalue weighted by atomic mass is 10.1. The third-order valence-corrected chi connectivity index (χ3v) is 2.20. The van der Waals surface area contributed by atoms with Crippen molar-refractivity contribution in [1.29, 1.82) is 0 Å². The average Bonchev–Trinajstić information content (AvgIpc) is 2.28. The summed E-state index contributed by atoms with van der Waals surface area (Å²) >= 11 is 5.58. The van der Waals surface area contributed by atoms with Crippen molar-refractivity contribution in [3.63, 3.8) is 0 Å². The Morgan fingerprint density at radius 3 is 2.65 bits per heavy atom. The van der Waals surface area contributed by atoms with Gasteiger partial charge >= 0.3 is 6.18 Å². The molecule has 0 N–H and O–H groups in total. The number of pyridine rings is 1. The lowest BCUT2D eigenvalue weighted by Crippen LogP contribution is -2.08. The fraction of sp³-hybridized carbons (Fsp3) is 0.100. The van der Waals surface area contributed by atoms with Gasteiger partial charge in [0, 0.05) is 11.8 Å². The lowest BCUT2D eigenvalue weighted by Gasteiger charge is -2.11. The van der Waals surface area contributed by atoms with E-state index < -0.39 is 11.7 Å². The topological polar surface area (TPSA) is 38.7 Å². The molecule has 0 aliphatic rings. The third-order valence-electron chi connectivity index (χ3n) is 2.01. The summed E-state index contributed by atoms with van der Waals surface area (Å²) in [4.78, 5) is 3.71. The highest BCUT2D eigenvalue weighted by Crippen LogP contribution is 2.35. The second-order valence-electron chi connectivity index (χ2n) is 3.16. The van der Waals surface area contributed by atoms with Crippen molar-refractivity contribution in [2.24, 2.45) is 0 Å². The van der Waals surface area contributed by atoms with Crippen LogP contribution in [0.2, 0.25) is 5.15 Å². The van der Waals surface area contributed by atoms with E-state index in [2.05, 4.69) is 15.2 Å². The minimum Gasteiger partial charge on any atom is -0.256 e. The molecule has 7 heteroatoms. The molecular weight excluding hydrogens is 255 g/mol. The molecule has 0 saturated heterocycles. The lowest BCUT2D eigenvalue weighted by molar-refractivity contribution is -0.137. The van der Waals surface area contributed by atoms with Gasteiger partial charge in [0.15, 0.2) is 5.15 Å². The molecule has 2 rings (SSSR count). The van der Waals surface area contributed by atoms with Crippen LogP contribution in [0.25, 0.3) is 11.3 Å². The molecule has 0 spiro atoms. The van der Waals surface area contributed by atoms with E-state index in [9.17, 15) is 13.2 Å². The minimum atomic E-state index is -4.47. The average molecular weight is 260 g/mol. The van der Waals surface area contributed by atoms with E-state index in [1.54, 1.807) is 0 Å². The SMILES string of the molecule is FC(F)(F)c1cccnc1-c1cnnc(Cl)c1. The number of aromatic nitrogens is 3. The molecule has 0 fully saturated rings. The van der Waals surface area contributed by atoms with E-state index in [0.717, 1.165) is 6.07 Å². The highest BCUT2D eigenvalue weighted by molar-refractivity contribution is 6.29. The molecule has 0 unspecified atom stereocenters. The Balaban J connectivity index is 2.60. The maximum Gasteiger partial charge on any atom is 0.418 e. The van der Waals surface area contributed by atoms with Crippen LogP contribution in [-0.4, -0.2) is 15.2 Å². The van der Waals surface area contributed by atoms with Gasteiger partial charge in [0.1, 0.15) is 0 Å². The smallest absolute Gasteiger partial charge is 0.256 e. The molecule has 0 saturated carbocycles. The van der Waals surface area contributed by atoms with Gasteiger partial charge in [0.2, 0.25) is 0 Å². The highest BCUT2D eigenvalue weighted by atomic mass is 35.5. The second kappa shape index (κ2) is 4.29. The quantitative estimate of drug-likeness (QED) is 0.789. The van der Waals surface area contributed by atoms with E-state index >= 15 is 0 Å². The number of rotatable bonds is 1. The summed E-state index contributed by atoms with van der Waals surface area (Å²) in [5, 5.41) is 6.97. The Morgan fingerprint density at radius 1 is 1.24 bits per heavy atom. The summed E-state index contributed by atoms with van der Waals surface area (Å²) in [5.74, 6) is 0. The highest BCUT2D eigenvalue weighted by Gasteiger charge is 2.34. The van der Waals surface area contributed by atoms with Crippen LogP contribution < -0.4 is 0 Å². The van der Waals surface area contributed by atoms with E-state index in [0.29, 0.717) is 0 Å². The van der Waals surface area contributed by atoms with Crippen molar-refractivity contribution < 1.29 is 13.2 Å². The number of hydrogen-bond acceptors (Lipinski definition) is 3. The standard InChI is InChI=1S/C10H5ClF3N3/c11-8-4-6(5-16-17-8)9-7(10(12,13)14)2-1-3-15-9/h1-5H. The summed E-state index contributed by atoms with van der Waals surface area (Å²) in [7, 11) is 0. The van der Waals surface area contributed by atoms with Crippen LogP contribution in [0.4, 0.5) is 13.2 Å². The molecule has 0 aliphatic carbocycles. The van der Waals surface area contributed by atoms with Crippen LogP contribution in [0.5, 0.6) is 0 Å². The molecule has 88 valence electrons. The van der Waals surface area contributed by atoms with Gasteiger partial charge in [-0.05, 0) is 18.2 Å². The summed E-state index contributed by atoms with van der Waals surface area (Å²) < 4.78 is 38.2. The first kappa shape index (κ1) is 11.8. The molecular formula is C10H5ClF3N3. The Kier molecular flexibility index (Phi) is 2.97. The van der Waals surface area contributed by atoms with Crippen molar-refractivity contribution >= 4 is 11.6 Å². The molecule has 2 aromatic rings. The molecule has 0 aliphatic heterocycles. The molecule has 0 atom stereocenters. The van der Waals surface area contributed by atoms with E-state index in [-0.39, 0.29) is 16.4 Å². The van der Waals surface area contributed by atoms with Crippen molar-refractivity contribution in [2.45, 2.75) is 6.18 Å². The minimum absolute atomic E-state index is 0.0151. The largest absolute Gasteiger partial charge is 0.418 e. The van der Waals surface area contributed by atoms with E-state index in [4.69, 9.17) is 11.6 Å². The molecule has 0 aromatic carbocycles. The van der Waals surface area contributed by atoms with Gasteiger partial charge in [-0.3, -0.25) is 4.98 Å². The van der Waals surface area contributed by atoms with Gasteiger partial charge in [0.05, 0.1) is 17.5 Å². The van der Waals surface area contributed by atoms with Gasteiger partial charge in [-0.25, -0.2) is 0 Å². The van der Waals surface area contributed by atoms with Gasteiger partial charge in [0.25, 0.3) is 0 Å². The predicted molar refractivity (Wildman–Crippen MR) is 55.3 cm³/mol. The summed E-state index contributed by atoms with van der Waals surface area (Å²) in [6, 6.07) is 3.46. The number of hydrogen-bond donors (Lipinski definition) is 0. The zero-order valence-electron chi connectivity index (χ0n) is 8.24. The van der Waals surface area contributed by atoms with Crippen LogP contribution >= 0.6 is 11.6 Å². The maximum absolute atomic E-state index is 12.7. The summed E-state index contributed by atoms with van der Waals surface area (Å²) in [5.41, 5.74) is -0.862. The second-order valence-corrected chi connectivity index (χ2v) is 3.55. The first-order valence-electron chi connectivity index (χ1n) is 4.49. The molecule has 0 bridgehead atoms. The van der Waals surface area contributed by atoms with Crippen LogP contribution in [0, 0.1) is 0 Å². The monoisotopic (exact) mass is 259 g/mol. The van der Waals surface area contributed by atoms with Gasteiger partial charge in [-0.1, -0.05) is 11.6 Å². The molecule has 3 nitrogen and oxygen atoms in total. The van der Waals surface area contributed by atoms with Crippen molar-refractivity contribution in [2.75, 3.05) is 0 Å². The first-order chi connectivity index (χ1) is 7.98. The van der Waals surface area contributed by atoms with Crippen LogP contribution in [0.3, 0.4) is 0 Å². The van der Waals surface area contributed by atoms with Crippen LogP contribution in [0.15, 0.2) is 30.6 Å². The molecule has 2 aromatic heterocycles. The number of nitrogens with zero attached hydrogens (tertiary/aromatic N) is 3. The summed E-state index contributed by atoms with van der Waals surface area (Å²) in [6.07, 6.45) is -2.01. The zero-order chi connectivity index (χ0) is 12.5. The van der Waals surface area contributed by atoms with E-state index in [1.807, 2.05) is 0 Å². The van der Waals surface area contributed by atoms with Gasteiger partial charge < -0.3 is 0 Å². The Bertz CT molecular complexity index is 542. The molecule has 0 amide bonds. The Labute approximate surface area is 99.3 Å². The molecule has 0 radical (unpaired) electrons. The maximum atomic E-state index is 12.7. The fourth-order valence-corrected chi connectivity index (χ4v) is 1.50.